The van der Waals surface area contributed by atoms with Gasteiger partial charge in [0.1, 0.15) is 17.6 Å². The van der Waals surface area contributed by atoms with Gasteiger partial charge < -0.3 is 4.74 Å². The molecule has 0 bridgehead atoms. The summed E-state index contributed by atoms with van der Waals surface area (Å²) in [6, 6.07) is 18.0. The Morgan fingerprint density at radius 3 is 2.48 bits per heavy atom. The van der Waals surface area contributed by atoms with E-state index in [9.17, 15) is 10.1 Å². The molecule has 0 aliphatic carbocycles. The zero-order valence-corrected chi connectivity index (χ0v) is 19.4. The van der Waals surface area contributed by atoms with Crippen LogP contribution in [0.1, 0.15) is 37.4 Å². The maximum Gasteiger partial charge on any atom is 0.227 e. The second-order valence-electron chi connectivity index (χ2n) is 8.91. The Hall–Kier alpha value is -2.79. The van der Waals surface area contributed by atoms with Crippen molar-refractivity contribution in [3.63, 3.8) is 0 Å². The molecule has 1 amide bonds. The fourth-order valence-electron chi connectivity index (χ4n) is 4.97. The molecule has 2 aromatic rings. The van der Waals surface area contributed by atoms with Gasteiger partial charge in [0, 0.05) is 64.4 Å². The highest BCUT2D eigenvalue weighted by molar-refractivity contribution is 5.92. The fourth-order valence-corrected chi connectivity index (χ4v) is 4.97. The second-order valence-corrected chi connectivity index (χ2v) is 8.91. The highest BCUT2D eigenvalue weighted by Gasteiger charge is 2.42. The second kappa shape index (κ2) is 10.9. The van der Waals surface area contributed by atoms with Crippen LogP contribution in [0, 0.1) is 11.3 Å². The number of aromatic nitrogens is 1. The van der Waals surface area contributed by atoms with E-state index < -0.39 is 0 Å². The van der Waals surface area contributed by atoms with Gasteiger partial charge in [-0.05, 0) is 30.5 Å². The number of piperazine rings is 1. The minimum atomic E-state index is -0.147. The first-order chi connectivity index (χ1) is 16.1. The molecule has 0 atom stereocenters. The summed E-state index contributed by atoms with van der Waals surface area (Å²) in [5.41, 5.74) is 1.53. The third-order valence-electron chi connectivity index (χ3n) is 6.90. The van der Waals surface area contributed by atoms with Crippen LogP contribution in [0.5, 0.6) is 0 Å². The van der Waals surface area contributed by atoms with Crippen molar-refractivity contribution in [1.82, 2.24) is 14.8 Å². The van der Waals surface area contributed by atoms with Gasteiger partial charge in [-0.25, -0.2) is 4.98 Å². The maximum absolute atomic E-state index is 13.0. The predicted octanol–water partition coefficient (Wildman–Crippen LogP) is 3.06. The lowest BCUT2D eigenvalue weighted by Gasteiger charge is -2.51. The Bertz CT molecular complexity index is 960. The maximum atomic E-state index is 13.0. The van der Waals surface area contributed by atoms with E-state index in [0.29, 0.717) is 37.7 Å². The standard InChI is InChI=1S/C26H33N5O2/c1-2-25(32)31(24-10-6-9-23(19-27)28-24)21-26(11-17-33-18-12-26)30-15-13-29(14-16-30)20-22-7-4-3-5-8-22/h3-10H,2,11-18,20-21H2,1H3. The number of pyridine rings is 1. The summed E-state index contributed by atoms with van der Waals surface area (Å²) in [5.74, 6) is 0.598. The number of amides is 1. The van der Waals surface area contributed by atoms with Crippen molar-refractivity contribution < 1.29 is 9.53 Å². The largest absolute Gasteiger partial charge is 0.381 e. The number of ether oxygens (including phenoxy) is 1. The lowest BCUT2D eigenvalue weighted by molar-refractivity contribution is -0.119. The molecule has 7 heteroatoms. The topological polar surface area (TPSA) is 72.7 Å². The number of anilines is 1. The quantitative estimate of drug-likeness (QED) is 0.650. The highest BCUT2D eigenvalue weighted by atomic mass is 16.5. The first-order valence-electron chi connectivity index (χ1n) is 11.9. The molecule has 2 fully saturated rings. The van der Waals surface area contributed by atoms with Crippen LogP contribution in [-0.4, -0.2) is 72.2 Å². The van der Waals surface area contributed by atoms with Gasteiger partial charge in [0.2, 0.25) is 5.91 Å². The number of benzene rings is 1. The van der Waals surface area contributed by atoms with Crippen molar-refractivity contribution in [2.24, 2.45) is 0 Å². The lowest BCUT2D eigenvalue weighted by atomic mass is 9.86. The SMILES string of the molecule is CCC(=O)N(CC1(N2CCN(Cc3ccccc3)CC2)CCOCC1)c1cccc(C#N)n1. The molecule has 0 saturated carbocycles. The first-order valence-corrected chi connectivity index (χ1v) is 11.9. The minimum Gasteiger partial charge on any atom is -0.381 e. The van der Waals surface area contributed by atoms with Crippen LogP contribution in [0.2, 0.25) is 0 Å². The molecule has 0 radical (unpaired) electrons. The van der Waals surface area contributed by atoms with E-state index in [2.05, 4.69) is 51.2 Å². The van der Waals surface area contributed by atoms with Crippen molar-refractivity contribution >= 4 is 11.7 Å². The van der Waals surface area contributed by atoms with E-state index in [1.54, 1.807) is 17.0 Å². The summed E-state index contributed by atoms with van der Waals surface area (Å²) in [7, 11) is 0. The van der Waals surface area contributed by atoms with Gasteiger partial charge >= 0.3 is 0 Å². The summed E-state index contributed by atoms with van der Waals surface area (Å²) in [5, 5.41) is 9.30. The number of nitrogens with zero attached hydrogens (tertiary/aromatic N) is 5. The van der Waals surface area contributed by atoms with Crippen LogP contribution in [0.25, 0.3) is 0 Å². The number of carbonyl (C=O) groups excluding carboxylic acids is 1. The van der Waals surface area contributed by atoms with Crippen LogP contribution in [-0.2, 0) is 16.1 Å². The van der Waals surface area contributed by atoms with E-state index in [1.165, 1.54) is 5.56 Å². The number of hydrogen-bond donors (Lipinski definition) is 0. The molecule has 2 saturated heterocycles. The Kier molecular flexibility index (Phi) is 7.71. The van der Waals surface area contributed by atoms with Crippen molar-refractivity contribution in [1.29, 1.82) is 5.26 Å². The van der Waals surface area contributed by atoms with Gasteiger partial charge in [-0.2, -0.15) is 5.26 Å². The van der Waals surface area contributed by atoms with Gasteiger partial charge in [-0.3, -0.25) is 19.5 Å². The van der Waals surface area contributed by atoms with E-state index in [0.717, 1.165) is 45.6 Å². The molecule has 2 aliphatic heterocycles. The molecule has 1 aromatic carbocycles. The smallest absolute Gasteiger partial charge is 0.227 e. The normalized spacial score (nSPS) is 19.0. The molecule has 7 nitrogen and oxygen atoms in total. The first kappa shape index (κ1) is 23.4. The summed E-state index contributed by atoms with van der Waals surface area (Å²) < 4.78 is 5.73. The Labute approximate surface area is 196 Å². The Balaban J connectivity index is 1.51. The molecule has 174 valence electrons. The van der Waals surface area contributed by atoms with E-state index in [1.807, 2.05) is 13.0 Å². The molecule has 4 rings (SSSR count). The van der Waals surface area contributed by atoms with Crippen LogP contribution in [0.4, 0.5) is 5.82 Å². The molecular formula is C26H33N5O2. The van der Waals surface area contributed by atoms with Crippen LogP contribution < -0.4 is 4.90 Å². The molecule has 0 N–H and O–H groups in total. The molecule has 0 unspecified atom stereocenters. The molecule has 0 spiro atoms. The van der Waals surface area contributed by atoms with Crippen molar-refractivity contribution in [3.8, 4) is 6.07 Å². The molecule has 1 aromatic heterocycles. The minimum absolute atomic E-state index is 0.0335. The van der Waals surface area contributed by atoms with Crippen molar-refractivity contribution in [3.05, 3.63) is 59.8 Å². The van der Waals surface area contributed by atoms with Gasteiger partial charge in [-0.1, -0.05) is 43.3 Å². The molecule has 3 heterocycles. The molecule has 33 heavy (non-hydrogen) atoms. The zero-order valence-electron chi connectivity index (χ0n) is 19.4. The number of carbonyl (C=O) groups is 1. The van der Waals surface area contributed by atoms with Gasteiger partial charge in [0.15, 0.2) is 0 Å². The number of rotatable bonds is 7. The third kappa shape index (κ3) is 5.59. The van der Waals surface area contributed by atoms with Crippen LogP contribution >= 0.6 is 0 Å². The zero-order chi connectivity index (χ0) is 23.1. The van der Waals surface area contributed by atoms with E-state index in [-0.39, 0.29) is 11.4 Å². The van der Waals surface area contributed by atoms with Gasteiger partial charge in [-0.15, -0.1) is 0 Å². The molecule has 2 aliphatic rings. The summed E-state index contributed by atoms with van der Waals surface area (Å²) in [4.78, 5) is 24.3. The number of hydrogen-bond acceptors (Lipinski definition) is 6. The summed E-state index contributed by atoms with van der Waals surface area (Å²) >= 11 is 0. The molecular weight excluding hydrogens is 414 g/mol. The van der Waals surface area contributed by atoms with Crippen LogP contribution in [0.3, 0.4) is 0 Å². The monoisotopic (exact) mass is 447 g/mol. The lowest BCUT2D eigenvalue weighted by Crippen LogP contribution is -2.63. The fraction of sp³-hybridized carbons (Fsp3) is 0.500. The van der Waals surface area contributed by atoms with E-state index in [4.69, 9.17) is 4.74 Å². The van der Waals surface area contributed by atoms with Gasteiger partial charge in [0.05, 0.1) is 0 Å². The summed E-state index contributed by atoms with van der Waals surface area (Å²) in [6.45, 7) is 8.75. The highest BCUT2D eigenvalue weighted by Crippen LogP contribution is 2.32. The summed E-state index contributed by atoms with van der Waals surface area (Å²) in [6.07, 6.45) is 2.17. The van der Waals surface area contributed by atoms with E-state index >= 15 is 0 Å². The Morgan fingerprint density at radius 1 is 1.09 bits per heavy atom. The average Bonchev–Trinajstić information content (AvgIpc) is 2.88. The Morgan fingerprint density at radius 2 is 1.82 bits per heavy atom. The van der Waals surface area contributed by atoms with Crippen molar-refractivity contribution in [2.45, 2.75) is 38.3 Å². The average molecular weight is 448 g/mol. The van der Waals surface area contributed by atoms with Crippen molar-refractivity contribution in [2.75, 3.05) is 50.8 Å². The number of nitriles is 1. The van der Waals surface area contributed by atoms with Gasteiger partial charge in [0.25, 0.3) is 0 Å². The third-order valence-corrected chi connectivity index (χ3v) is 6.90. The van der Waals surface area contributed by atoms with Crippen LogP contribution in [0.15, 0.2) is 48.5 Å². The predicted molar refractivity (Wildman–Crippen MR) is 128 cm³/mol.